The minimum Gasteiger partial charge on any atom is -0.428 e. The van der Waals surface area contributed by atoms with Gasteiger partial charge >= 0.3 is 0 Å². The van der Waals surface area contributed by atoms with Gasteiger partial charge in [0.25, 0.3) is 0 Å². The van der Waals surface area contributed by atoms with Crippen molar-refractivity contribution in [3.63, 3.8) is 0 Å². The lowest BCUT2D eigenvalue weighted by molar-refractivity contribution is 0.102. The summed E-state index contributed by atoms with van der Waals surface area (Å²) in [7, 11) is -3.91. The number of nitrogens with zero attached hydrogens (tertiary/aromatic N) is 1. The van der Waals surface area contributed by atoms with Crippen LogP contribution in [0, 0.1) is 6.92 Å². The summed E-state index contributed by atoms with van der Waals surface area (Å²) in [6, 6.07) is 24.4. The summed E-state index contributed by atoms with van der Waals surface area (Å²) in [5.74, 6) is 0.107. The third-order valence-electron chi connectivity index (χ3n) is 4.60. The molecule has 0 aliphatic rings. The average Bonchev–Trinajstić information content (AvgIpc) is 3.24. The zero-order chi connectivity index (χ0) is 21.8. The molecule has 1 aromatic heterocycles. The summed E-state index contributed by atoms with van der Waals surface area (Å²) in [6.07, 6.45) is 0. The highest BCUT2D eigenvalue weighted by Gasteiger charge is 2.29. The first kappa shape index (κ1) is 21.1. The van der Waals surface area contributed by atoms with Gasteiger partial charge in [-0.2, -0.15) is 4.98 Å². The van der Waals surface area contributed by atoms with E-state index in [1.165, 1.54) is 12.1 Å². The second kappa shape index (κ2) is 8.91. The largest absolute Gasteiger partial charge is 0.428 e. The maximum Gasteiger partial charge on any atom is 0.228 e. The number of sulfone groups is 1. The topological polar surface area (TPSA) is 77.2 Å². The van der Waals surface area contributed by atoms with Gasteiger partial charge in [-0.3, -0.25) is 4.79 Å². The van der Waals surface area contributed by atoms with E-state index in [0.29, 0.717) is 11.1 Å². The number of thioether (sulfide) groups is 1. The molecule has 0 spiro atoms. The van der Waals surface area contributed by atoms with Crippen LogP contribution < -0.4 is 0 Å². The number of carbonyl (C=O) groups excluding carboxylic acids is 1. The Labute approximate surface area is 185 Å². The molecule has 0 saturated heterocycles. The van der Waals surface area contributed by atoms with Gasteiger partial charge < -0.3 is 4.42 Å². The number of aromatic nitrogens is 1. The van der Waals surface area contributed by atoms with Gasteiger partial charge in [0.05, 0.1) is 10.6 Å². The van der Waals surface area contributed by atoms with Crippen LogP contribution in [0.1, 0.15) is 15.9 Å². The Morgan fingerprint density at radius 3 is 2.16 bits per heavy atom. The van der Waals surface area contributed by atoms with Crippen LogP contribution in [0.4, 0.5) is 0 Å². The third kappa shape index (κ3) is 4.62. The van der Waals surface area contributed by atoms with Gasteiger partial charge in [-0.05, 0) is 31.2 Å². The molecule has 0 saturated carbocycles. The van der Waals surface area contributed by atoms with E-state index in [0.717, 1.165) is 17.3 Å². The average molecular weight is 450 g/mol. The van der Waals surface area contributed by atoms with Crippen LogP contribution >= 0.6 is 11.8 Å². The van der Waals surface area contributed by atoms with Crippen LogP contribution in [0.15, 0.2) is 104 Å². The number of oxazole rings is 1. The molecular weight excluding hydrogens is 430 g/mol. The Morgan fingerprint density at radius 2 is 1.52 bits per heavy atom. The highest BCUT2D eigenvalue weighted by molar-refractivity contribution is 8.00. The summed E-state index contributed by atoms with van der Waals surface area (Å²) in [5, 5.41) is -0.0798. The third-order valence-corrected chi connectivity index (χ3v) is 7.36. The smallest absolute Gasteiger partial charge is 0.228 e. The predicted octanol–water partition coefficient (Wildman–Crippen LogP) is 5.46. The van der Waals surface area contributed by atoms with Crippen molar-refractivity contribution in [2.45, 2.75) is 21.9 Å². The van der Waals surface area contributed by atoms with E-state index < -0.39 is 9.84 Å². The van der Waals surface area contributed by atoms with Crippen LogP contribution in [0.2, 0.25) is 0 Å². The van der Waals surface area contributed by atoms with E-state index in [1.807, 2.05) is 37.3 Å². The zero-order valence-corrected chi connectivity index (χ0v) is 18.3. The molecule has 5 nitrogen and oxygen atoms in total. The molecule has 0 atom stereocenters. The molecule has 0 radical (unpaired) electrons. The number of hydrogen-bond donors (Lipinski definition) is 0. The van der Waals surface area contributed by atoms with Crippen LogP contribution in [-0.4, -0.2) is 24.9 Å². The molecule has 0 aliphatic carbocycles. The van der Waals surface area contributed by atoms with E-state index in [4.69, 9.17) is 4.42 Å². The molecular formula is C24H19NO4S2. The zero-order valence-electron chi connectivity index (χ0n) is 16.7. The predicted molar refractivity (Wildman–Crippen MR) is 120 cm³/mol. The molecule has 0 N–H and O–H groups in total. The van der Waals surface area contributed by atoms with Gasteiger partial charge in [0, 0.05) is 11.1 Å². The highest BCUT2D eigenvalue weighted by Crippen LogP contribution is 2.35. The fraction of sp³-hybridized carbons (Fsp3) is 0.0833. The molecule has 1 heterocycles. The lowest BCUT2D eigenvalue weighted by Gasteiger charge is -2.03. The first-order valence-electron chi connectivity index (χ1n) is 9.54. The lowest BCUT2D eigenvalue weighted by atomic mass is 10.1. The van der Waals surface area contributed by atoms with Gasteiger partial charge in [0.1, 0.15) is 0 Å². The number of ketones is 1. The molecule has 0 unspecified atom stereocenters. The minimum absolute atomic E-state index is 0.0316. The maximum atomic E-state index is 13.2. The number of Topliss-reactive ketones (excluding diaryl/α,β-unsaturated/α-hetero) is 1. The standard InChI is InChI=1S/C24H19NO4S2/c1-17-12-14-19(15-13-17)22-25-23(31(27,28)20-10-6-3-7-11-20)24(29-22)30-16-21(26)18-8-4-2-5-9-18/h2-15H,16H2,1H3. The van der Waals surface area contributed by atoms with Crippen molar-refractivity contribution in [2.75, 3.05) is 5.75 Å². The van der Waals surface area contributed by atoms with Gasteiger partial charge in [0.15, 0.2) is 5.78 Å². The molecule has 31 heavy (non-hydrogen) atoms. The molecule has 3 aromatic carbocycles. The second-order valence-electron chi connectivity index (χ2n) is 6.87. The normalized spacial score (nSPS) is 11.4. The van der Waals surface area contributed by atoms with Crippen LogP contribution in [0.3, 0.4) is 0 Å². The molecule has 0 fully saturated rings. The molecule has 0 amide bonds. The van der Waals surface area contributed by atoms with Crippen molar-refractivity contribution in [3.05, 3.63) is 96.1 Å². The first-order chi connectivity index (χ1) is 14.9. The van der Waals surface area contributed by atoms with Crippen LogP contribution in [0.5, 0.6) is 0 Å². The van der Waals surface area contributed by atoms with Crippen molar-refractivity contribution in [2.24, 2.45) is 0 Å². The number of hydrogen-bond acceptors (Lipinski definition) is 6. The monoisotopic (exact) mass is 449 g/mol. The van der Waals surface area contributed by atoms with Crippen molar-refractivity contribution in [1.29, 1.82) is 0 Å². The number of rotatable bonds is 7. The molecule has 0 aliphatic heterocycles. The fourth-order valence-corrected chi connectivity index (χ4v) is 5.37. The van der Waals surface area contributed by atoms with Crippen LogP contribution in [-0.2, 0) is 9.84 Å². The van der Waals surface area contributed by atoms with Gasteiger partial charge in [-0.25, -0.2) is 8.42 Å². The van der Waals surface area contributed by atoms with Gasteiger partial charge in [-0.1, -0.05) is 78.0 Å². The Balaban J connectivity index is 1.72. The molecule has 4 rings (SSSR count). The van der Waals surface area contributed by atoms with Crippen molar-refractivity contribution < 1.29 is 17.6 Å². The second-order valence-corrected chi connectivity index (χ2v) is 9.69. The van der Waals surface area contributed by atoms with Crippen LogP contribution in [0.25, 0.3) is 11.5 Å². The summed E-state index contributed by atoms with van der Waals surface area (Å²) in [5.41, 5.74) is 2.28. The van der Waals surface area contributed by atoms with Crippen molar-refractivity contribution in [1.82, 2.24) is 4.98 Å². The number of carbonyl (C=O) groups is 1. The summed E-state index contributed by atoms with van der Waals surface area (Å²) in [6.45, 7) is 1.96. The van der Waals surface area contributed by atoms with E-state index in [-0.39, 0.29) is 32.4 Å². The van der Waals surface area contributed by atoms with E-state index in [9.17, 15) is 13.2 Å². The van der Waals surface area contributed by atoms with Gasteiger partial charge in [0.2, 0.25) is 25.8 Å². The molecule has 156 valence electrons. The quantitative estimate of drug-likeness (QED) is 0.275. The highest BCUT2D eigenvalue weighted by atomic mass is 32.2. The Hall–Kier alpha value is -3.16. The first-order valence-corrected chi connectivity index (χ1v) is 12.0. The Bertz CT molecular complexity index is 1300. The number of aryl methyl sites for hydroxylation is 1. The summed E-state index contributed by atoms with van der Waals surface area (Å²) < 4.78 is 32.3. The van der Waals surface area contributed by atoms with E-state index in [2.05, 4.69) is 4.98 Å². The fourth-order valence-electron chi connectivity index (χ4n) is 2.92. The Morgan fingerprint density at radius 1 is 0.903 bits per heavy atom. The van der Waals surface area contributed by atoms with E-state index in [1.54, 1.807) is 42.5 Å². The molecule has 7 heteroatoms. The SMILES string of the molecule is Cc1ccc(-c2nc(S(=O)(=O)c3ccccc3)c(SCC(=O)c3ccccc3)o2)cc1. The van der Waals surface area contributed by atoms with Gasteiger partial charge in [-0.15, -0.1) is 0 Å². The molecule has 0 bridgehead atoms. The maximum absolute atomic E-state index is 13.2. The lowest BCUT2D eigenvalue weighted by Crippen LogP contribution is -2.05. The van der Waals surface area contributed by atoms with Crippen molar-refractivity contribution >= 4 is 27.4 Å². The Kier molecular flexibility index (Phi) is 6.06. The summed E-state index contributed by atoms with van der Waals surface area (Å²) >= 11 is 1.03. The molecule has 4 aromatic rings. The van der Waals surface area contributed by atoms with Crippen molar-refractivity contribution in [3.8, 4) is 11.5 Å². The number of benzene rings is 3. The summed E-state index contributed by atoms with van der Waals surface area (Å²) in [4.78, 5) is 17.0. The minimum atomic E-state index is -3.91. The van der Waals surface area contributed by atoms with E-state index >= 15 is 0 Å².